The summed E-state index contributed by atoms with van der Waals surface area (Å²) >= 11 is 3.34. The topological polar surface area (TPSA) is 15.8 Å². The Morgan fingerprint density at radius 3 is 2.26 bits per heavy atom. The minimum atomic E-state index is -1.46. The van der Waals surface area contributed by atoms with Crippen LogP contribution in [0.1, 0.15) is 0 Å². The molecule has 0 saturated carbocycles. The van der Waals surface area contributed by atoms with Crippen molar-refractivity contribution in [3.8, 4) is 11.3 Å². The highest BCUT2D eigenvalue weighted by Gasteiger charge is 2.13. The van der Waals surface area contributed by atoms with E-state index in [0.717, 1.165) is 27.5 Å². The summed E-state index contributed by atoms with van der Waals surface area (Å²) in [5.74, 6) is -3.85. The fraction of sp³-hybridized carbons (Fsp3) is 0. The monoisotopic (exact) mass is 325 g/mol. The number of nitrogens with one attached hydrogen (secondary N) is 1. The molecule has 0 aliphatic rings. The Hall–Kier alpha value is -1.75. The van der Waals surface area contributed by atoms with E-state index in [1.165, 1.54) is 0 Å². The van der Waals surface area contributed by atoms with Crippen molar-refractivity contribution in [3.05, 3.63) is 58.3 Å². The van der Waals surface area contributed by atoms with Crippen molar-refractivity contribution >= 4 is 26.8 Å². The Kier molecular flexibility index (Phi) is 2.86. The molecular formula is C14H7BrF3N. The number of benzene rings is 2. The predicted octanol–water partition coefficient (Wildman–Crippen LogP) is 5.01. The number of halogens is 4. The minimum absolute atomic E-state index is 0.267. The van der Waals surface area contributed by atoms with Crippen LogP contribution >= 0.6 is 15.9 Å². The van der Waals surface area contributed by atoms with Gasteiger partial charge in [0.1, 0.15) is 0 Å². The van der Waals surface area contributed by atoms with E-state index in [2.05, 4.69) is 20.9 Å². The lowest BCUT2D eigenvalue weighted by atomic mass is 10.1. The molecule has 1 nitrogen and oxygen atoms in total. The summed E-state index contributed by atoms with van der Waals surface area (Å²) in [6, 6.07) is 9.29. The van der Waals surface area contributed by atoms with Crippen molar-refractivity contribution in [3.63, 3.8) is 0 Å². The largest absolute Gasteiger partial charge is 0.354 e. The van der Waals surface area contributed by atoms with E-state index < -0.39 is 17.5 Å². The maximum atomic E-state index is 13.2. The highest BCUT2D eigenvalue weighted by Crippen LogP contribution is 2.28. The Labute approximate surface area is 115 Å². The van der Waals surface area contributed by atoms with Crippen molar-refractivity contribution in [2.24, 2.45) is 0 Å². The highest BCUT2D eigenvalue weighted by molar-refractivity contribution is 9.10. The molecule has 0 spiro atoms. The lowest BCUT2D eigenvalue weighted by Gasteiger charge is -2.00. The van der Waals surface area contributed by atoms with Gasteiger partial charge in [-0.25, -0.2) is 13.2 Å². The van der Waals surface area contributed by atoms with Crippen molar-refractivity contribution in [2.45, 2.75) is 0 Å². The van der Waals surface area contributed by atoms with E-state index in [1.54, 1.807) is 6.07 Å². The fourth-order valence-corrected chi connectivity index (χ4v) is 2.33. The molecule has 0 fully saturated rings. The molecule has 0 amide bonds. The second-order valence-electron chi connectivity index (χ2n) is 4.17. The first-order valence-electron chi connectivity index (χ1n) is 5.48. The second kappa shape index (κ2) is 4.42. The van der Waals surface area contributed by atoms with Crippen LogP contribution in [0.25, 0.3) is 22.2 Å². The average Bonchev–Trinajstić information content (AvgIpc) is 2.78. The van der Waals surface area contributed by atoms with Crippen molar-refractivity contribution < 1.29 is 13.2 Å². The van der Waals surface area contributed by atoms with Crippen LogP contribution in [-0.2, 0) is 0 Å². The quantitative estimate of drug-likeness (QED) is 0.605. The predicted molar refractivity (Wildman–Crippen MR) is 71.3 cm³/mol. The molecule has 0 radical (unpaired) electrons. The van der Waals surface area contributed by atoms with Gasteiger partial charge in [-0.2, -0.15) is 0 Å². The number of H-pyrrole nitrogens is 1. The van der Waals surface area contributed by atoms with Gasteiger partial charge in [0.15, 0.2) is 17.5 Å². The number of hydrogen-bond donors (Lipinski definition) is 1. The molecule has 0 bridgehead atoms. The van der Waals surface area contributed by atoms with E-state index in [1.807, 2.05) is 18.2 Å². The van der Waals surface area contributed by atoms with E-state index in [4.69, 9.17) is 0 Å². The van der Waals surface area contributed by atoms with Gasteiger partial charge in [0.2, 0.25) is 0 Å². The molecule has 3 aromatic rings. The Morgan fingerprint density at radius 1 is 0.895 bits per heavy atom. The molecule has 1 aromatic heterocycles. The third kappa shape index (κ3) is 2.14. The van der Waals surface area contributed by atoms with Crippen LogP contribution in [0.5, 0.6) is 0 Å². The Balaban J connectivity index is 2.19. The molecular weight excluding hydrogens is 319 g/mol. The highest BCUT2D eigenvalue weighted by atomic mass is 79.9. The summed E-state index contributed by atoms with van der Waals surface area (Å²) in [6.45, 7) is 0. The van der Waals surface area contributed by atoms with E-state index >= 15 is 0 Å². The first-order valence-corrected chi connectivity index (χ1v) is 6.27. The first-order chi connectivity index (χ1) is 9.04. The standard InChI is InChI=1S/C14H7BrF3N/c15-9-2-1-7-5-12(19-13(7)6-9)8-3-10(16)14(18)11(17)4-8/h1-6,19H. The van der Waals surface area contributed by atoms with E-state index in [0.29, 0.717) is 5.69 Å². The Bertz CT molecular complexity index is 756. The molecule has 0 aliphatic carbocycles. The normalized spacial score (nSPS) is 11.2. The Morgan fingerprint density at radius 2 is 1.58 bits per heavy atom. The van der Waals surface area contributed by atoms with Crippen LogP contribution in [0.3, 0.4) is 0 Å². The SMILES string of the molecule is Fc1cc(-c2cc3ccc(Br)cc3[nH]2)cc(F)c1F. The molecule has 96 valence electrons. The van der Waals surface area contributed by atoms with Crippen LogP contribution < -0.4 is 0 Å². The number of hydrogen-bond acceptors (Lipinski definition) is 0. The molecule has 1 N–H and O–H groups in total. The van der Waals surface area contributed by atoms with Gasteiger partial charge in [-0.15, -0.1) is 0 Å². The van der Waals surface area contributed by atoms with Crippen LogP contribution in [0, 0.1) is 17.5 Å². The summed E-state index contributed by atoms with van der Waals surface area (Å²) in [6.07, 6.45) is 0. The molecule has 0 unspecified atom stereocenters. The van der Waals surface area contributed by atoms with E-state index in [-0.39, 0.29) is 5.56 Å². The number of rotatable bonds is 1. The van der Waals surface area contributed by atoms with Crippen LogP contribution in [0.2, 0.25) is 0 Å². The molecule has 2 aromatic carbocycles. The first kappa shape index (κ1) is 12.3. The molecule has 1 heterocycles. The zero-order chi connectivity index (χ0) is 13.6. The molecule has 0 atom stereocenters. The molecule has 19 heavy (non-hydrogen) atoms. The minimum Gasteiger partial charge on any atom is -0.354 e. The van der Waals surface area contributed by atoms with Gasteiger partial charge in [0.05, 0.1) is 0 Å². The third-order valence-electron chi connectivity index (χ3n) is 2.88. The summed E-state index contributed by atoms with van der Waals surface area (Å²) < 4.78 is 40.2. The van der Waals surface area contributed by atoms with Crippen LogP contribution in [0.15, 0.2) is 40.9 Å². The van der Waals surface area contributed by atoms with Gasteiger partial charge in [0.25, 0.3) is 0 Å². The third-order valence-corrected chi connectivity index (χ3v) is 3.37. The van der Waals surface area contributed by atoms with Gasteiger partial charge in [-0.05, 0) is 30.3 Å². The van der Waals surface area contributed by atoms with Gasteiger partial charge in [-0.3, -0.25) is 0 Å². The zero-order valence-electron chi connectivity index (χ0n) is 9.48. The molecule has 0 aliphatic heterocycles. The maximum Gasteiger partial charge on any atom is 0.194 e. The molecule has 5 heteroatoms. The van der Waals surface area contributed by atoms with Crippen LogP contribution in [0.4, 0.5) is 13.2 Å². The van der Waals surface area contributed by atoms with Crippen LogP contribution in [-0.4, -0.2) is 4.98 Å². The molecule has 0 saturated heterocycles. The van der Waals surface area contributed by atoms with Crippen molar-refractivity contribution in [1.82, 2.24) is 4.98 Å². The summed E-state index contributed by atoms with van der Waals surface area (Å²) in [5.41, 5.74) is 1.63. The molecule has 3 rings (SSSR count). The van der Waals surface area contributed by atoms with Gasteiger partial charge in [0, 0.05) is 26.6 Å². The number of fused-ring (bicyclic) bond motifs is 1. The lowest BCUT2D eigenvalue weighted by molar-refractivity contribution is 0.447. The van der Waals surface area contributed by atoms with Crippen molar-refractivity contribution in [2.75, 3.05) is 0 Å². The van der Waals surface area contributed by atoms with Gasteiger partial charge < -0.3 is 4.98 Å². The van der Waals surface area contributed by atoms with E-state index in [9.17, 15) is 13.2 Å². The van der Waals surface area contributed by atoms with Gasteiger partial charge in [-0.1, -0.05) is 22.0 Å². The van der Waals surface area contributed by atoms with Crippen molar-refractivity contribution in [1.29, 1.82) is 0 Å². The smallest absolute Gasteiger partial charge is 0.194 e. The number of aromatic amines is 1. The lowest BCUT2D eigenvalue weighted by Crippen LogP contribution is -1.91. The summed E-state index contributed by atoms with van der Waals surface area (Å²) in [4.78, 5) is 3.04. The summed E-state index contributed by atoms with van der Waals surface area (Å²) in [7, 11) is 0. The average molecular weight is 326 g/mol. The zero-order valence-corrected chi connectivity index (χ0v) is 11.1. The second-order valence-corrected chi connectivity index (χ2v) is 5.08. The van der Waals surface area contributed by atoms with Gasteiger partial charge >= 0.3 is 0 Å². The maximum absolute atomic E-state index is 13.2. The number of aromatic nitrogens is 1. The summed E-state index contributed by atoms with van der Waals surface area (Å²) in [5, 5.41) is 0.906. The fourth-order valence-electron chi connectivity index (χ4n) is 1.97.